The van der Waals surface area contributed by atoms with Gasteiger partial charge in [-0.05, 0) is 25.1 Å². The van der Waals surface area contributed by atoms with Crippen molar-refractivity contribution in [2.24, 2.45) is 0 Å². The van der Waals surface area contributed by atoms with Crippen LogP contribution in [0, 0.1) is 12.3 Å². The second-order valence-corrected chi connectivity index (χ2v) is 2.39. The maximum absolute atomic E-state index is 5.14. The van der Waals surface area contributed by atoms with Crippen LogP contribution in [0.3, 0.4) is 0 Å². The molecule has 0 N–H and O–H groups in total. The summed E-state index contributed by atoms with van der Waals surface area (Å²) in [5, 5.41) is 0. The van der Waals surface area contributed by atoms with Crippen LogP contribution in [0.1, 0.15) is 19.1 Å². The molecule has 0 amide bonds. The van der Waals surface area contributed by atoms with Crippen LogP contribution in [0.25, 0.3) is 6.08 Å². The van der Waals surface area contributed by atoms with E-state index in [1.54, 1.807) is 6.26 Å². The molecule has 0 bridgehead atoms. The van der Waals surface area contributed by atoms with Gasteiger partial charge in [0.25, 0.3) is 0 Å². The van der Waals surface area contributed by atoms with E-state index in [4.69, 9.17) is 10.8 Å². The fourth-order valence-corrected chi connectivity index (χ4v) is 0.828. The van der Waals surface area contributed by atoms with Crippen molar-refractivity contribution < 1.29 is 4.42 Å². The number of terminal acetylenes is 1. The van der Waals surface area contributed by atoms with Crippen molar-refractivity contribution in [3.8, 4) is 12.3 Å². The second kappa shape index (κ2) is 3.68. The first-order valence-corrected chi connectivity index (χ1v) is 3.47. The van der Waals surface area contributed by atoms with Crippen LogP contribution in [0.5, 0.6) is 0 Å². The van der Waals surface area contributed by atoms with Gasteiger partial charge >= 0.3 is 0 Å². The molecule has 0 saturated carbocycles. The van der Waals surface area contributed by atoms with E-state index in [2.05, 4.69) is 5.92 Å². The number of rotatable bonds is 2. The molecule has 1 rings (SSSR count). The molecular weight excluding hydrogens is 136 g/mol. The van der Waals surface area contributed by atoms with Crippen molar-refractivity contribution in [1.29, 1.82) is 0 Å². The highest BCUT2D eigenvalue weighted by atomic mass is 16.3. The summed E-state index contributed by atoms with van der Waals surface area (Å²) in [5.74, 6) is 3.43. The molecule has 0 aliphatic heterocycles. The average molecular weight is 146 g/mol. The van der Waals surface area contributed by atoms with E-state index in [9.17, 15) is 0 Å². The fraction of sp³-hybridized carbons (Fsp3) is 0.200. The molecule has 0 aliphatic carbocycles. The predicted octanol–water partition coefficient (Wildman–Crippen LogP) is 2.71. The van der Waals surface area contributed by atoms with Crippen LogP contribution >= 0.6 is 0 Å². The van der Waals surface area contributed by atoms with Crippen LogP contribution in [0.2, 0.25) is 0 Å². The lowest BCUT2D eigenvalue weighted by molar-refractivity contribution is 0.556. The zero-order chi connectivity index (χ0) is 8.10. The Kier molecular flexibility index (Phi) is 2.57. The first kappa shape index (κ1) is 7.68. The summed E-state index contributed by atoms with van der Waals surface area (Å²) in [5.41, 5.74) is 1.14. The minimum Gasteiger partial charge on any atom is -0.465 e. The Hall–Kier alpha value is -1.42. The summed E-state index contributed by atoms with van der Waals surface area (Å²) in [6.45, 7) is 1.99. The molecule has 1 heterocycles. The molecule has 1 aromatic rings. The minimum absolute atomic E-state index is 0.681. The first-order valence-electron chi connectivity index (χ1n) is 3.47. The van der Waals surface area contributed by atoms with Crippen molar-refractivity contribution in [3.05, 3.63) is 29.7 Å². The molecule has 0 fully saturated rings. The summed E-state index contributed by atoms with van der Waals surface area (Å²) in [7, 11) is 0. The maximum Gasteiger partial charge on any atom is 0.126 e. The van der Waals surface area contributed by atoms with E-state index in [0.717, 1.165) is 11.3 Å². The summed E-state index contributed by atoms with van der Waals surface area (Å²) in [6, 6.07) is 3.76. The van der Waals surface area contributed by atoms with E-state index in [-0.39, 0.29) is 0 Å². The van der Waals surface area contributed by atoms with Crippen molar-refractivity contribution in [3.63, 3.8) is 0 Å². The Morgan fingerprint density at radius 3 is 3.18 bits per heavy atom. The van der Waals surface area contributed by atoms with E-state index >= 15 is 0 Å². The van der Waals surface area contributed by atoms with Crippen molar-refractivity contribution in [2.45, 2.75) is 13.3 Å². The molecular formula is C10H10O. The van der Waals surface area contributed by atoms with Crippen molar-refractivity contribution in [2.75, 3.05) is 0 Å². The van der Waals surface area contributed by atoms with Gasteiger partial charge in [0.05, 0.1) is 6.26 Å². The Bertz CT molecular complexity index is 272. The maximum atomic E-state index is 5.14. The van der Waals surface area contributed by atoms with Crippen LogP contribution in [0.4, 0.5) is 0 Å². The topological polar surface area (TPSA) is 13.1 Å². The molecule has 0 saturated heterocycles. The highest BCUT2D eigenvalue weighted by molar-refractivity contribution is 5.47. The molecule has 1 heteroatoms. The van der Waals surface area contributed by atoms with E-state index in [0.29, 0.717) is 6.42 Å². The lowest BCUT2D eigenvalue weighted by Gasteiger charge is -1.90. The second-order valence-electron chi connectivity index (χ2n) is 2.39. The van der Waals surface area contributed by atoms with E-state index < -0.39 is 0 Å². The van der Waals surface area contributed by atoms with Gasteiger partial charge in [0.2, 0.25) is 0 Å². The van der Waals surface area contributed by atoms with Crippen molar-refractivity contribution >= 4 is 6.08 Å². The molecule has 56 valence electrons. The molecule has 0 atom stereocenters. The zero-order valence-electron chi connectivity index (χ0n) is 6.50. The Morgan fingerprint density at radius 2 is 2.64 bits per heavy atom. The highest BCUT2D eigenvalue weighted by Crippen LogP contribution is 2.08. The number of allylic oxidation sites excluding steroid dienone is 1. The zero-order valence-corrected chi connectivity index (χ0v) is 6.50. The van der Waals surface area contributed by atoms with Gasteiger partial charge in [-0.1, -0.05) is 5.57 Å². The lowest BCUT2D eigenvalue weighted by atomic mass is 10.2. The van der Waals surface area contributed by atoms with Gasteiger partial charge in [0.1, 0.15) is 5.76 Å². The third-order valence-electron chi connectivity index (χ3n) is 1.31. The SMILES string of the molecule is C#CC/C(C)=C/c1ccco1. The Morgan fingerprint density at radius 1 is 1.82 bits per heavy atom. The first-order chi connectivity index (χ1) is 5.33. The Labute approximate surface area is 66.7 Å². The highest BCUT2D eigenvalue weighted by Gasteiger charge is 1.90. The quantitative estimate of drug-likeness (QED) is 0.585. The molecule has 0 spiro atoms. The van der Waals surface area contributed by atoms with Gasteiger partial charge < -0.3 is 4.42 Å². The predicted molar refractivity (Wildman–Crippen MR) is 45.8 cm³/mol. The van der Waals surface area contributed by atoms with Gasteiger partial charge in [-0.15, -0.1) is 12.3 Å². The van der Waals surface area contributed by atoms with Gasteiger partial charge in [-0.25, -0.2) is 0 Å². The van der Waals surface area contributed by atoms with E-state index in [1.807, 2.05) is 25.1 Å². The minimum atomic E-state index is 0.681. The smallest absolute Gasteiger partial charge is 0.126 e. The average Bonchev–Trinajstić information content (AvgIpc) is 2.40. The van der Waals surface area contributed by atoms with Crippen molar-refractivity contribution in [1.82, 2.24) is 0 Å². The van der Waals surface area contributed by atoms with Crippen LogP contribution in [-0.2, 0) is 0 Å². The van der Waals surface area contributed by atoms with Crippen LogP contribution in [0.15, 0.2) is 28.4 Å². The number of furan rings is 1. The van der Waals surface area contributed by atoms with Gasteiger partial charge in [0, 0.05) is 6.42 Å². The summed E-state index contributed by atoms with van der Waals surface area (Å²) in [6.07, 6.45) is 9.41. The molecule has 0 radical (unpaired) electrons. The Balaban J connectivity index is 2.68. The summed E-state index contributed by atoms with van der Waals surface area (Å²) in [4.78, 5) is 0. The normalized spacial score (nSPS) is 11.1. The largest absolute Gasteiger partial charge is 0.465 e. The molecule has 1 nitrogen and oxygen atoms in total. The summed E-state index contributed by atoms with van der Waals surface area (Å²) < 4.78 is 5.11. The molecule has 0 unspecified atom stereocenters. The lowest BCUT2D eigenvalue weighted by Crippen LogP contribution is -1.71. The van der Waals surface area contributed by atoms with Crippen LogP contribution in [-0.4, -0.2) is 0 Å². The van der Waals surface area contributed by atoms with Gasteiger partial charge in [-0.2, -0.15) is 0 Å². The molecule has 1 aromatic heterocycles. The third kappa shape index (κ3) is 2.35. The standard InChI is InChI=1S/C10H10O/c1-3-5-9(2)8-10-6-4-7-11-10/h1,4,6-8H,5H2,2H3/b9-8+. The third-order valence-corrected chi connectivity index (χ3v) is 1.31. The van der Waals surface area contributed by atoms with Crippen LogP contribution < -0.4 is 0 Å². The monoisotopic (exact) mass is 146 g/mol. The number of hydrogen-bond acceptors (Lipinski definition) is 1. The van der Waals surface area contributed by atoms with Gasteiger partial charge in [-0.3, -0.25) is 0 Å². The summed E-state index contributed by atoms with van der Waals surface area (Å²) >= 11 is 0. The molecule has 0 aromatic carbocycles. The molecule has 11 heavy (non-hydrogen) atoms. The fourth-order valence-electron chi connectivity index (χ4n) is 0.828. The van der Waals surface area contributed by atoms with E-state index in [1.165, 1.54) is 0 Å². The molecule has 0 aliphatic rings. The number of hydrogen-bond donors (Lipinski definition) is 0. The van der Waals surface area contributed by atoms with Gasteiger partial charge in [0.15, 0.2) is 0 Å².